The normalized spacial score (nSPS) is 12.2. The third kappa shape index (κ3) is 5.27. The molecule has 0 aromatic carbocycles. The van der Waals surface area contributed by atoms with Crippen LogP contribution in [-0.2, 0) is 6.54 Å². The number of carboxylic acid groups (broad SMARTS) is 1. The fraction of sp³-hybridized carbons (Fsp3) is 0.583. The van der Waals surface area contributed by atoms with Gasteiger partial charge in [-0.25, -0.2) is 14.6 Å². The van der Waals surface area contributed by atoms with Gasteiger partial charge in [0.05, 0.1) is 6.33 Å². The second-order valence-electron chi connectivity index (χ2n) is 4.75. The molecule has 8 heteroatoms. The zero-order chi connectivity index (χ0) is 15.1. The van der Waals surface area contributed by atoms with Crippen molar-refractivity contribution in [2.45, 2.75) is 19.5 Å². The number of carboxylic acids is 1. The van der Waals surface area contributed by atoms with Crippen LogP contribution in [0.3, 0.4) is 0 Å². The molecule has 1 unspecified atom stereocenters. The maximum absolute atomic E-state index is 11.5. The van der Waals surface area contributed by atoms with Crippen LogP contribution in [0.5, 0.6) is 0 Å². The number of likely N-dealkylation sites (N-methyl/N-ethyl adjacent to an activating group) is 1. The van der Waals surface area contributed by atoms with Crippen LogP contribution in [0.25, 0.3) is 0 Å². The molecule has 0 radical (unpaired) electrons. The minimum Gasteiger partial charge on any atom is -0.476 e. The molecule has 0 saturated carbocycles. The summed E-state index contributed by atoms with van der Waals surface area (Å²) in [6.07, 6.45) is 2.85. The van der Waals surface area contributed by atoms with Crippen LogP contribution >= 0.6 is 0 Å². The van der Waals surface area contributed by atoms with Gasteiger partial charge in [0.15, 0.2) is 5.69 Å². The van der Waals surface area contributed by atoms with Crippen LogP contribution in [0.4, 0.5) is 4.79 Å². The molecule has 1 rings (SSSR count). The summed E-state index contributed by atoms with van der Waals surface area (Å²) in [4.78, 5) is 27.9. The molecule has 1 aromatic rings. The molecule has 1 atom stereocenters. The number of urea groups is 1. The molecule has 0 aliphatic carbocycles. The van der Waals surface area contributed by atoms with E-state index in [-0.39, 0.29) is 17.8 Å². The lowest BCUT2D eigenvalue weighted by atomic mass is 10.3. The summed E-state index contributed by atoms with van der Waals surface area (Å²) in [6.45, 7) is 3.45. The third-order valence-corrected chi connectivity index (χ3v) is 2.95. The Kier molecular flexibility index (Phi) is 5.98. The number of amides is 2. The number of aromatic carboxylic acids is 1. The zero-order valence-electron chi connectivity index (χ0n) is 12.0. The van der Waals surface area contributed by atoms with Gasteiger partial charge >= 0.3 is 12.0 Å². The Morgan fingerprint density at radius 2 is 2.15 bits per heavy atom. The van der Waals surface area contributed by atoms with Gasteiger partial charge in [0.2, 0.25) is 0 Å². The Morgan fingerprint density at radius 3 is 2.70 bits per heavy atom. The van der Waals surface area contributed by atoms with Crippen molar-refractivity contribution in [1.82, 2.24) is 25.1 Å². The van der Waals surface area contributed by atoms with Crippen molar-refractivity contribution in [3.05, 3.63) is 18.2 Å². The first-order chi connectivity index (χ1) is 9.40. The first-order valence-electron chi connectivity index (χ1n) is 6.33. The molecule has 0 bridgehead atoms. The fourth-order valence-electron chi connectivity index (χ4n) is 1.38. The highest BCUT2D eigenvalue weighted by Crippen LogP contribution is 1.95. The maximum Gasteiger partial charge on any atom is 0.356 e. The molecule has 3 N–H and O–H groups in total. The van der Waals surface area contributed by atoms with Crippen molar-refractivity contribution < 1.29 is 14.7 Å². The van der Waals surface area contributed by atoms with Crippen LogP contribution in [0.1, 0.15) is 17.4 Å². The minimum absolute atomic E-state index is 0.00532. The second kappa shape index (κ2) is 7.49. The van der Waals surface area contributed by atoms with Crippen molar-refractivity contribution >= 4 is 12.0 Å². The SMILES string of the molecule is CC(CNC(=O)NCCn1cnc(C(=O)O)c1)N(C)C. The van der Waals surface area contributed by atoms with E-state index in [4.69, 9.17) is 5.11 Å². The fourth-order valence-corrected chi connectivity index (χ4v) is 1.38. The number of nitrogens with one attached hydrogen (secondary N) is 2. The minimum atomic E-state index is -1.06. The van der Waals surface area contributed by atoms with Crippen molar-refractivity contribution in [2.75, 3.05) is 27.2 Å². The predicted octanol–water partition coefficient (Wildman–Crippen LogP) is -0.169. The molecule has 0 fully saturated rings. The first-order valence-corrected chi connectivity index (χ1v) is 6.33. The van der Waals surface area contributed by atoms with Crippen LogP contribution in [0, 0.1) is 0 Å². The molecule has 0 aliphatic rings. The van der Waals surface area contributed by atoms with Gasteiger partial charge in [-0.3, -0.25) is 0 Å². The monoisotopic (exact) mass is 283 g/mol. The Labute approximate surface area is 117 Å². The van der Waals surface area contributed by atoms with Crippen LogP contribution < -0.4 is 10.6 Å². The van der Waals surface area contributed by atoms with E-state index in [9.17, 15) is 9.59 Å². The highest BCUT2D eigenvalue weighted by atomic mass is 16.4. The molecule has 112 valence electrons. The Morgan fingerprint density at radius 1 is 1.45 bits per heavy atom. The molecule has 0 aliphatic heterocycles. The molecule has 0 saturated heterocycles. The van der Waals surface area contributed by atoms with Gasteiger partial charge < -0.3 is 25.2 Å². The lowest BCUT2D eigenvalue weighted by Crippen LogP contribution is -2.43. The Bertz CT molecular complexity index is 458. The van der Waals surface area contributed by atoms with Gasteiger partial charge in [-0.15, -0.1) is 0 Å². The largest absolute Gasteiger partial charge is 0.476 e. The zero-order valence-corrected chi connectivity index (χ0v) is 12.0. The van der Waals surface area contributed by atoms with E-state index in [1.807, 2.05) is 25.9 Å². The molecule has 20 heavy (non-hydrogen) atoms. The van der Waals surface area contributed by atoms with Gasteiger partial charge in [-0.2, -0.15) is 0 Å². The summed E-state index contributed by atoms with van der Waals surface area (Å²) in [5.41, 5.74) is -0.00532. The van der Waals surface area contributed by atoms with Gasteiger partial charge in [-0.05, 0) is 21.0 Å². The quantitative estimate of drug-likeness (QED) is 0.645. The van der Waals surface area contributed by atoms with Crippen molar-refractivity contribution in [2.24, 2.45) is 0 Å². The molecule has 1 heterocycles. The lowest BCUT2D eigenvalue weighted by Gasteiger charge is -2.20. The van der Waals surface area contributed by atoms with E-state index in [0.29, 0.717) is 19.6 Å². The van der Waals surface area contributed by atoms with Crippen LogP contribution in [-0.4, -0.2) is 64.8 Å². The van der Waals surface area contributed by atoms with Gasteiger partial charge in [0.1, 0.15) is 0 Å². The van der Waals surface area contributed by atoms with E-state index < -0.39 is 5.97 Å². The number of imidazole rings is 1. The number of carbonyl (C=O) groups excluding carboxylic acids is 1. The van der Waals surface area contributed by atoms with E-state index in [1.54, 1.807) is 4.57 Å². The summed E-state index contributed by atoms with van der Waals surface area (Å²) < 4.78 is 1.62. The van der Waals surface area contributed by atoms with Gasteiger partial charge in [-0.1, -0.05) is 0 Å². The number of hydrogen-bond donors (Lipinski definition) is 3. The number of aromatic nitrogens is 2. The molecule has 8 nitrogen and oxygen atoms in total. The standard InChI is InChI=1S/C12H21N5O3/c1-9(16(2)3)6-14-12(20)13-4-5-17-7-10(11(18)19)15-8-17/h7-9H,4-6H2,1-3H3,(H,18,19)(H2,13,14,20). The third-order valence-electron chi connectivity index (χ3n) is 2.95. The molecule has 2 amide bonds. The van der Waals surface area contributed by atoms with Crippen LogP contribution in [0.15, 0.2) is 12.5 Å². The summed E-state index contributed by atoms with van der Waals surface area (Å²) in [5.74, 6) is -1.06. The predicted molar refractivity (Wildman–Crippen MR) is 73.7 cm³/mol. The summed E-state index contributed by atoms with van der Waals surface area (Å²) >= 11 is 0. The average molecular weight is 283 g/mol. The van der Waals surface area contributed by atoms with E-state index in [1.165, 1.54) is 12.5 Å². The number of hydrogen-bond acceptors (Lipinski definition) is 4. The molecular formula is C12H21N5O3. The Hall–Kier alpha value is -2.09. The van der Waals surface area contributed by atoms with E-state index >= 15 is 0 Å². The smallest absolute Gasteiger partial charge is 0.356 e. The molecule has 0 spiro atoms. The first kappa shape index (κ1) is 16.0. The summed E-state index contributed by atoms with van der Waals surface area (Å²) in [7, 11) is 3.90. The maximum atomic E-state index is 11.5. The number of rotatable bonds is 7. The number of nitrogens with zero attached hydrogens (tertiary/aromatic N) is 3. The van der Waals surface area contributed by atoms with Crippen molar-refractivity contribution in [3.8, 4) is 0 Å². The van der Waals surface area contributed by atoms with E-state index in [2.05, 4.69) is 15.6 Å². The van der Waals surface area contributed by atoms with Gasteiger partial charge in [0.25, 0.3) is 0 Å². The van der Waals surface area contributed by atoms with Crippen LogP contribution in [0.2, 0.25) is 0 Å². The highest BCUT2D eigenvalue weighted by Gasteiger charge is 2.08. The Balaban J connectivity index is 2.23. The topological polar surface area (TPSA) is 99.5 Å². The molecular weight excluding hydrogens is 262 g/mol. The number of carbonyl (C=O) groups is 2. The van der Waals surface area contributed by atoms with Gasteiger partial charge in [0, 0.05) is 31.9 Å². The van der Waals surface area contributed by atoms with Crippen molar-refractivity contribution in [3.63, 3.8) is 0 Å². The summed E-state index contributed by atoms with van der Waals surface area (Å²) in [6, 6.07) is 0.0183. The average Bonchev–Trinajstić information content (AvgIpc) is 2.84. The molecule has 1 aromatic heterocycles. The van der Waals surface area contributed by atoms with Crippen molar-refractivity contribution in [1.29, 1.82) is 0 Å². The highest BCUT2D eigenvalue weighted by molar-refractivity contribution is 5.84. The summed E-state index contributed by atoms with van der Waals surface area (Å²) in [5, 5.41) is 14.2. The lowest BCUT2D eigenvalue weighted by molar-refractivity contribution is 0.0691. The van der Waals surface area contributed by atoms with E-state index in [0.717, 1.165) is 0 Å². The second-order valence-corrected chi connectivity index (χ2v) is 4.75.